The van der Waals surface area contributed by atoms with Crippen LogP contribution in [-0.2, 0) is 4.74 Å². The van der Waals surface area contributed by atoms with Crippen molar-refractivity contribution in [2.75, 3.05) is 31.6 Å². The number of morpholine rings is 1. The summed E-state index contributed by atoms with van der Waals surface area (Å²) in [5.41, 5.74) is 0. The molecule has 0 aromatic carbocycles. The first-order chi connectivity index (χ1) is 8.81. The zero-order valence-electron chi connectivity index (χ0n) is 10.2. The predicted molar refractivity (Wildman–Crippen MR) is 69.9 cm³/mol. The lowest BCUT2D eigenvalue weighted by Crippen LogP contribution is -2.48. The second-order valence-corrected chi connectivity index (χ2v) is 5.29. The molecule has 18 heavy (non-hydrogen) atoms. The van der Waals surface area contributed by atoms with Crippen molar-refractivity contribution in [1.82, 2.24) is 14.9 Å². The first kappa shape index (κ1) is 12.1. The van der Waals surface area contributed by atoms with Gasteiger partial charge in [0.2, 0.25) is 5.95 Å². The third-order valence-corrected chi connectivity index (χ3v) is 3.76. The molecular formula is C12H17ClN4O. The molecule has 0 aliphatic carbocycles. The Labute approximate surface area is 112 Å². The van der Waals surface area contributed by atoms with Crippen LogP contribution in [0.2, 0.25) is 5.02 Å². The fourth-order valence-electron chi connectivity index (χ4n) is 2.62. The van der Waals surface area contributed by atoms with E-state index in [-0.39, 0.29) is 6.10 Å². The molecule has 2 aliphatic heterocycles. The number of nitrogens with zero attached hydrogens (tertiary/aromatic N) is 3. The summed E-state index contributed by atoms with van der Waals surface area (Å²) in [6.07, 6.45) is 5.98. The molecule has 0 saturated carbocycles. The van der Waals surface area contributed by atoms with E-state index in [1.807, 2.05) is 0 Å². The van der Waals surface area contributed by atoms with E-state index in [2.05, 4.69) is 20.2 Å². The highest BCUT2D eigenvalue weighted by molar-refractivity contribution is 6.30. The zero-order chi connectivity index (χ0) is 12.4. The van der Waals surface area contributed by atoms with Crippen LogP contribution in [0.1, 0.15) is 12.8 Å². The third-order valence-electron chi connectivity index (χ3n) is 3.57. The maximum Gasteiger partial charge on any atom is 0.222 e. The SMILES string of the molecule is Clc1cnc(NCC2CN3CCCC3CO2)nc1. The quantitative estimate of drug-likeness (QED) is 0.898. The van der Waals surface area contributed by atoms with Crippen molar-refractivity contribution in [3.63, 3.8) is 0 Å². The summed E-state index contributed by atoms with van der Waals surface area (Å²) in [6.45, 7) is 3.81. The lowest BCUT2D eigenvalue weighted by molar-refractivity contribution is -0.0416. The van der Waals surface area contributed by atoms with E-state index in [4.69, 9.17) is 16.3 Å². The summed E-state index contributed by atoms with van der Waals surface area (Å²) in [4.78, 5) is 10.7. The Bertz CT molecular complexity index is 400. The molecule has 1 N–H and O–H groups in total. The molecule has 2 unspecified atom stereocenters. The second kappa shape index (κ2) is 5.38. The lowest BCUT2D eigenvalue weighted by Gasteiger charge is -2.35. The van der Waals surface area contributed by atoms with Gasteiger partial charge in [-0.2, -0.15) is 0 Å². The van der Waals surface area contributed by atoms with E-state index in [9.17, 15) is 0 Å². The molecule has 3 rings (SSSR count). The van der Waals surface area contributed by atoms with Gasteiger partial charge in [-0.3, -0.25) is 4.90 Å². The molecule has 5 nitrogen and oxygen atoms in total. The van der Waals surface area contributed by atoms with Gasteiger partial charge in [-0.05, 0) is 19.4 Å². The van der Waals surface area contributed by atoms with Gasteiger partial charge >= 0.3 is 0 Å². The molecule has 0 radical (unpaired) electrons. The van der Waals surface area contributed by atoms with Crippen LogP contribution in [-0.4, -0.2) is 53.3 Å². The van der Waals surface area contributed by atoms with Crippen LogP contribution < -0.4 is 5.32 Å². The summed E-state index contributed by atoms with van der Waals surface area (Å²) < 4.78 is 5.85. The largest absolute Gasteiger partial charge is 0.373 e. The van der Waals surface area contributed by atoms with E-state index in [0.717, 1.165) is 19.7 Å². The second-order valence-electron chi connectivity index (χ2n) is 4.85. The van der Waals surface area contributed by atoms with Gasteiger partial charge in [0, 0.05) is 19.1 Å². The molecule has 0 bridgehead atoms. The summed E-state index contributed by atoms with van der Waals surface area (Å²) >= 11 is 5.74. The molecule has 2 aliphatic rings. The fraction of sp³-hybridized carbons (Fsp3) is 0.667. The van der Waals surface area contributed by atoms with Crippen molar-refractivity contribution >= 4 is 17.5 Å². The Morgan fingerprint density at radius 2 is 2.28 bits per heavy atom. The topological polar surface area (TPSA) is 50.3 Å². The molecule has 2 saturated heterocycles. The monoisotopic (exact) mass is 268 g/mol. The van der Waals surface area contributed by atoms with Crippen LogP contribution in [0.4, 0.5) is 5.95 Å². The predicted octanol–water partition coefficient (Wildman–Crippen LogP) is 1.41. The van der Waals surface area contributed by atoms with Gasteiger partial charge in [-0.25, -0.2) is 9.97 Å². The molecule has 1 aromatic heterocycles. The third kappa shape index (κ3) is 2.74. The molecule has 6 heteroatoms. The van der Waals surface area contributed by atoms with Crippen LogP contribution in [0.3, 0.4) is 0 Å². The number of rotatable bonds is 3. The highest BCUT2D eigenvalue weighted by Crippen LogP contribution is 2.22. The summed E-state index contributed by atoms with van der Waals surface area (Å²) in [5.74, 6) is 0.603. The number of ether oxygens (including phenoxy) is 1. The summed E-state index contributed by atoms with van der Waals surface area (Å²) in [5, 5.41) is 3.74. The van der Waals surface area contributed by atoms with Crippen LogP contribution in [0.5, 0.6) is 0 Å². The van der Waals surface area contributed by atoms with Crippen molar-refractivity contribution in [3.8, 4) is 0 Å². The number of hydrogen-bond donors (Lipinski definition) is 1. The smallest absolute Gasteiger partial charge is 0.222 e. The number of hydrogen-bond acceptors (Lipinski definition) is 5. The van der Waals surface area contributed by atoms with Crippen LogP contribution in [0.15, 0.2) is 12.4 Å². The van der Waals surface area contributed by atoms with Gasteiger partial charge in [0.05, 0.1) is 30.1 Å². The van der Waals surface area contributed by atoms with Gasteiger partial charge in [-0.15, -0.1) is 0 Å². The Morgan fingerprint density at radius 3 is 3.11 bits per heavy atom. The van der Waals surface area contributed by atoms with Crippen molar-refractivity contribution in [2.24, 2.45) is 0 Å². The molecule has 2 fully saturated rings. The van der Waals surface area contributed by atoms with E-state index >= 15 is 0 Å². The zero-order valence-corrected chi connectivity index (χ0v) is 10.9. The van der Waals surface area contributed by atoms with Gasteiger partial charge < -0.3 is 10.1 Å². The summed E-state index contributed by atoms with van der Waals surface area (Å²) in [7, 11) is 0. The minimum absolute atomic E-state index is 0.221. The van der Waals surface area contributed by atoms with E-state index in [1.54, 1.807) is 12.4 Å². The van der Waals surface area contributed by atoms with Crippen molar-refractivity contribution in [1.29, 1.82) is 0 Å². The van der Waals surface area contributed by atoms with Crippen LogP contribution in [0.25, 0.3) is 0 Å². The molecule has 98 valence electrons. The number of anilines is 1. The highest BCUT2D eigenvalue weighted by Gasteiger charge is 2.31. The lowest BCUT2D eigenvalue weighted by atomic mass is 10.2. The van der Waals surface area contributed by atoms with E-state index in [0.29, 0.717) is 17.0 Å². The van der Waals surface area contributed by atoms with Crippen molar-refractivity contribution in [2.45, 2.75) is 25.0 Å². The molecule has 2 atom stereocenters. The fourth-order valence-corrected chi connectivity index (χ4v) is 2.72. The number of halogens is 1. The Morgan fingerprint density at radius 1 is 1.44 bits per heavy atom. The first-order valence-corrected chi connectivity index (χ1v) is 6.76. The average Bonchev–Trinajstić information content (AvgIpc) is 2.85. The van der Waals surface area contributed by atoms with Gasteiger partial charge in [0.15, 0.2) is 0 Å². The Hall–Kier alpha value is -0.910. The molecular weight excluding hydrogens is 252 g/mol. The van der Waals surface area contributed by atoms with Gasteiger partial charge in [-0.1, -0.05) is 11.6 Å². The van der Waals surface area contributed by atoms with Crippen LogP contribution in [0, 0.1) is 0 Å². The van der Waals surface area contributed by atoms with Crippen molar-refractivity contribution < 1.29 is 4.74 Å². The minimum atomic E-state index is 0.221. The maximum absolute atomic E-state index is 5.85. The van der Waals surface area contributed by atoms with Gasteiger partial charge in [0.1, 0.15) is 0 Å². The summed E-state index contributed by atoms with van der Waals surface area (Å²) in [6, 6.07) is 0.646. The standard InChI is InChI=1S/C12H17ClN4O/c13-9-4-14-12(15-5-9)16-6-11-7-17-3-1-2-10(17)8-18-11/h4-5,10-11H,1-3,6-8H2,(H,14,15,16). The number of aromatic nitrogens is 2. The normalized spacial score (nSPS) is 28.1. The minimum Gasteiger partial charge on any atom is -0.373 e. The first-order valence-electron chi connectivity index (χ1n) is 6.38. The van der Waals surface area contributed by atoms with Crippen molar-refractivity contribution in [3.05, 3.63) is 17.4 Å². The molecule has 0 spiro atoms. The molecule has 0 amide bonds. The maximum atomic E-state index is 5.85. The van der Waals surface area contributed by atoms with E-state index < -0.39 is 0 Å². The Balaban J connectivity index is 1.50. The van der Waals surface area contributed by atoms with Crippen LogP contribution >= 0.6 is 11.6 Å². The van der Waals surface area contributed by atoms with Gasteiger partial charge in [0.25, 0.3) is 0 Å². The molecule has 3 heterocycles. The number of nitrogens with one attached hydrogen (secondary N) is 1. The Kier molecular flexibility index (Phi) is 3.63. The van der Waals surface area contributed by atoms with E-state index in [1.165, 1.54) is 19.4 Å². The highest BCUT2D eigenvalue weighted by atomic mass is 35.5. The molecule has 1 aromatic rings. The average molecular weight is 269 g/mol. The number of fused-ring (bicyclic) bond motifs is 1.